The summed E-state index contributed by atoms with van der Waals surface area (Å²) in [5, 5.41) is 0. The summed E-state index contributed by atoms with van der Waals surface area (Å²) in [6.45, 7) is 0. The molecule has 1 aliphatic carbocycles. The Morgan fingerprint density at radius 2 is 2.09 bits per heavy atom. The number of hydrogen-bond acceptors (Lipinski definition) is 3. The third-order valence-corrected chi connectivity index (χ3v) is 2.44. The monoisotopic (exact) mass is 190 g/mol. The molecule has 0 radical (unpaired) electrons. The molecule has 0 aromatic heterocycles. The first-order valence-corrected chi connectivity index (χ1v) is 4.73. The van der Waals surface area contributed by atoms with Gasteiger partial charge in [0.1, 0.15) is 0 Å². The molecule has 0 spiro atoms. The Hall–Kier alpha value is -0.520. The molecule has 0 amide bonds. The Labute approximate surface area is 70.2 Å². The SMILES string of the molecule is O=S(=O)(O)C1=CCC(=S)C=C1. The lowest BCUT2D eigenvalue weighted by Gasteiger charge is -2.02. The molecule has 1 N–H and O–H groups in total. The molecule has 1 aliphatic rings. The molecule has 60 valence electrons. The van der Waals surface area contributed by atoms with Gasteiger partial charge in [0.25, 0.3) is 10.1 Å². The summed E-state index contributed by atoms with van der Waals surface area (Å²) in [7, 11) is -4.03. The normalized spacial score (nSPS) is 18.3. The average Bonchev–Trinajstić information content (AvgIpc) is 1.86. The van der Waals surface area contributed by atoms with Crippen LogP contribution >= 0.6 is 12.2 Å². The van der Waals surface area contributed by atoms with Crippen LogP contribution in [0.15, 0.2) is 23.1 Å². The summed E-state index contributed by atoms with van der Waals surface area (Å²) >= 11 is 4.77. The second-order valence-corrected chi connectivity index (χ2v) is 4.03. The van der Waals surface area contributed by atoms with Crippen LogP contribution in [-0.4, -0.2) is 17.8 Å². The van der Waals surface area contributed by atoms with Gasteiger partial charge in [-0.1, -0.05) is 18.3 Å². The van der Waals surface area contributed by atoms with Crippen molar-refractivity contribution in [1.29, 1.82) is 0 Å². The van der Waals surface area contributed by atoms with E-state index in [9.17, 15) is 8.42 Å². The van der Waals surface area contributed by atoms with Crippen LogP contribution in [0, 0.1) is 0 Å². The Kier molecular flexibility index (Phi) is 2.22. The van der Waals surface area contributed by atoms with Gasteiger partial charge in [0.2, 0.25) is 0 Å². The third-order valence-electron chi connectivity index (χ3n) is 1.24. The lowest BCUT2D eigenvalue weighted by molar-refractivity contribution is 0.492. The minimum absolute atomic E-state index is 0.0777. The first kappa shape index (κ1) is 8.58. The third kappa shape index (κ3) is 2.21. The minimum Gasteiger partial charge on any atom is -0.282 e. The second kappa shape index (κ2) is 2.84. The highest BCUT2D eigenvalue weighted by molar-refractivity contribution is 7.90. The molecule has 11 heavy (non-hydrogen) atoms. The smallest absolute Gasteiger partial charge is 0.282 e. The lowest BCUT2D eigenvalue weighted by atomic mass is 10.2. The van der Waals surface area contributed by atoms with Gasteiger partial charge < -0.3 is 0 Å². The van der Waals surface area contributed by atoms with Crippen LogP contribution in [0.4, 0.5) is 0 Å². The Bertz CT molecular complexity index is 335. The predicted octanol–water partition coefficient (Wildman–Crippen LogP) is 1.09. The summed E-state index contributed by atoms with van der Waals surface area (Å²) in [5.41, 5.74) is 0. The first-order valence-electron chi connectivity index (χ1n) is 2.89. The molecule has 1 rings (SSSR count). The van der Waals surface area contributed by atoms with Crippen molar-refractivity contribution in [3.8, 4) is 0 Å². The standard InChI is InChI=1S/C6H6O3S2/c7-11(8,9)6-3-1-5(10)2-4-6/h1,3-4H,2H2,(H,7,8,9). The van der Waals surface area contributed by atoms with Gasteiger partial charge in [-0.3, -0.25) is 4.55 Å². The maximum atomic E-state index is 10.5. The number of rotatable bonds is 1. The molecule has 0 saturated heterocycles. The highest BCUT2D eigenvalue weighted by atomic mass is 32.2. The van der Waals surface area contributed by atoms with Crippen molar-refractivity contribution in [2.24, 2.45) is 0 Å². The molecule has 5 heteroatoms. The van der Waals surface area contributed by atoms with Gasteiger partial charge in [-0.25, -0.2) is 0 Å². The molecule has 0 bridgehead atoms. The largest absolute Gasteiger partial charge is 0.294 e. The molecule has 3 nitrogen and oxygen atoms in total. The van der Waals surface area contributed by atoms with Gasteiger partial charge in [-0.2, -0.15) is 8.42 Å². The molecule has 0 fully saturated rings. The Morgan fingerprint density at radius 3 is 2.45 bits per heavy atom. The van der Waals surface area contributed by atoms with E-state index in [2.05, 4.69) is 0 Å². The van der Waals surface area contributed by atoms with Crippen molar-refractivity contribution in [2.45, 2.75) is 6.42 Å². The van der Waals surface area contributed by atoms with Gasteiger partial charge in [0, 0.05) is 11.3 Å². The highest BCUT2D eigenvalue weighted by Crippen LogP contribution is 2.12. The van der Waals surface area contributed by atoms with E-state index in [1.165, 1.54) is 18.2 Å². The lowest BCUT2D eigenvalue weighted by Crippen LogP contribution is -2.04. The zero-order chi connectivity index (χ0) is 8.48. The molecule has 0 atom stereocenters. The maximum absolute atomic E-state index is 10.5. The Morgan fingerprint density at radius 1 is 1.45 bits per heavy atom. The van der Waals surface area contributed by atoms with Crippen LogP contribution in [0.1, 0.15) is 6.42 Å². The second-order valence-electron chi connectivity index (χ2n) is 2.09. The summed E-state index contributed by atoms with van der Waals surface area (Å²) < 4.78 is 29.5. The van der Waals surface area contributed by atoms with Crippen LogP contribution in [0.2, 0.25) is 0 Å². The van der Waals surface area contributed by atoms with Gasteiger partial charge in [-0.15, -0.1) is 0 Å². The first-order chi connectivity index (χ1) is 5.00. The predicted molar refractivity (Wildman–Crippen MR) is 46.0 cm³/mol. The Balaban J connectivity index is 2.97. The van der Waals surface area contributed by atoms with E-state index in [-0.39, 0.29) is 4.91 Å². The zero-order valence-electron chi connectivity index (χ0n) is 5.52. The van der Waals surface area contributed by atoms with Crippen molar-refractivity contribution in [1.82, 2.24) is 0 Å². The maximum Gasteiger partial charge on any atom is 0.294 e. The van der Waals surface area contributed by atoms with E-state index < -0.39 is 10.1 Å². The number of allylic oxidation sites excluding steroid dienone is 3. The fraction of sp³-hybridized carbons (Fsp3) is 0.167. The molecule has 0 aliphatic heterocycles. The number of thiocarbonyl (C=S) groups is 1. The number of hydrogen-bond donors (Lipinski definition) is 1. The summed E-state index contributed by atoms with van der Waals surface area (Å²) in [6, 6.07) is 0. The van der Waals surface area contributed by atoms with Crippen molar-refractivity contribution in [3.05, 3.63) is 23.1 Å². The minimum atomic E-state index is -4.03. The molecular formula is C6H6O3S2. The van der Waals surface area contributed by atoms with E-state index in [0.717, 1.165) is 0 Å². The molecular weight excluding hydrogens is 184 g/mol. The van der Waals surface area contributed by atoms with Crippen molar-refractivity contribution in [3.63, 3.8) is 0 Å². The van der Waals surface area contributed by atoms with Gasteiger partial charge in [0.05, 0.1) is 4.91 Å². The van der Waals surface area contributed by atoms with Gasteiger partial charge in [-0.05, 0) is 12.2 Å². The fourth-order valence-electron chi connectivity index (χ4n) is 0.704. The van der Waals surface area contributed by atoms with Crippen LogP contribution in [0.5, 0.6) is 0 Å². The molecule has 0 unspecified atom stereocenters. The quantitative estimate of drug-likeness (QED) is 0.496. The van der Waals surface area contributed by atoms with Crippen molar-refractivity contribution >= 4 is 27.2 Å². The van der Waals surface area contributed by atoms with E-state index in [0.29, 0.717) is 11.3 Å². The van der Waals surface area contributed by atoms with E-state index in [1.807, 2.05) is 0 Å². The molecule has 0 aromatic carbocycles. The van der Waals surface area contributed by atoms with Gasteiger partial charge >= 0.3 is 0 Å². The summed E-state index contributed by atoms with van der Waals surface area (Å²) in [4.78, 5) is 0.587. The topological polar surface area (TPSA) is 54.4 Å². The van der Waals surface area contributed by atoms with Crippen LogP contribution in [0.25, 0.3) is 0 Å². The molecule has 0 saturated carbocycles. The van der Waals surface area contributed by atoms with E-state index in [4.69, 9.17) is 16.8 Å². The molecule has 0 aromatic rings. The van der Waals surface area contributed by atoms with Crippen molar-refractivity contribution < 1.29 is 13.0 Å². The van der Waals surface area contributed by atoms with E-state index >= 15 is 0 Å². The average molecular weight is 190 g/mol. The van der Waals surface area contributed by atoms with Crippen LogP contribution in [-0.2, 0) is 10.1 Å². The summed E-state index contributed by atoms with van der Waals surface area (Å²) in [6.07, 6.45) is 4.58. The zero-order valence-corrected chi connectivity index (χ0v) is 7.15. The fourth-order valence-corrected chi connectivity index (χ4v) is 1.39. The van der Waals surface area contributed by atoms with Crippen LogP contribution in [0.3, 0.4) is 0 Å². The molecule has 0 heterocycles. The highest BCUT2D eigenvalue weighted by Gasteiger charge is 2.12. The van der Waals surface area contributed by atoms with Crippen molar-refractivity contribution in [2.75, 3.05) is 0 Å². The van der Waals surface area contributed by atoms with Crippen LogP contribution < -0.4 is 0 Å². The van der Waals surface area contributed by atoms with E-state index in [1.54, 1.807) is 0 Å². The van der Waals surface area contributed by atoms with Gasteiger partial charge in [0.15, 0.2) is 0 Å². The summed E-state index contributed by atoms with van der Waals surface area (Å²) in [5.74, 6) is 0.